The van der Waals surface area contributed by atoms with Crippen LogP contribution >= 0.6 is 15.9 Å². The molecular weight excluding hydrogens is 292 g/mol. The van der Waals surface area contributed by atoms with Crippen molar-refractivity contribution in [2.45, 2.75) is 12.2 Å². The van der Waals surface area contributed by atoms with Gasteiger partial charge in [0.25, 0.3) is 0 Å². The highest BCUT2D eigenvalue weighted by molar-refractivity contribution is 9.09. The summed E-state index contributed by atoms with van der Waals surface area (Å²) in [5.74, 6) is -0.845. The van der Waals surface area contributed by atoms with Crippen LogP contribution in [0.25, 0.3) is 0 Å². The number of rotatable bonds is 4. The number of phenols is 1. The van der Waals surface area contributed by atoms with Crippen molar-refractivity contribution in [1.82, 2.24) is 0 Å². The number of esters is 1. The summed E-state index contributed by atoms with van der Waals surface area (Å²) >= 11 is 3.02. The Morgan fingerprint density at radius 2 is 2.12 bits per heavy atom. The Hall–Kier alpha value is -1.11. The summed E-state index contributed by atoms with van der Waals surface area (Å²) in [6.45, 7) is 0. The molecule has 6 heteroatoms. The second kappa shape index (κ2) is 6.00. The third-order valence-electron chi connectivity index (χ3n) is 2.29. The van der Waals surface area contributed by atoms with Gasteiger partial charge in [0, 0.05) is 10.9 Å². The molecule has 1 aromatic rings. The summed E-state index contributed by atoms with van der Waals surface area (Å²) < 4.78 is 4.49. The Morgan fingerprint density at radius 1 is 1.47 bits per heavy atom. The van der Waals surface area contributed by atoms with E-state index < -0.39 is 18.2 Å². The van der Waals surface area contributed by atoms with Gasteiger partial charge in [0.05, 0.1) is 18.8 Å². The number of aromatic hydroxyl groups is 1. The van der Waals surface area contributed by atoms with Crippen molar-refractivity contribution in [3.8, 4) is 5.75 Å². The van der Waals surface area contributed by atoms with Crippen molar-refractivity contribution in [3.05, 3.63) is 29.3 Å². The number of phenolic OH excluding ortho intramolecular Hbond substituents is 1. The molecule has 0 aliphatic rings. The minimum absolute atomic E-state index is 0.157. The number of hydrogen-bond donors (Lipinski definition) is 3. The number of ether oxygens (including phenoxy) is 1. The first-order valence-corrected chi connectivity index (χ1v) is 5.96. The highest BCUT2D eigenvalue weighted by Gasteiger charge is 2.21. The van der Waals surface area contributed by atoms with E-state index in [0.717, 1.165) is 0 Å². The zero-order valence-corrected chi connectivity index (χ0v) is 10.7. The number of carbonyl (C=O) groups excluding carboxylic acids is 1. The molecule has 94 valence electrons. The Labute approximate surface area is 107 Å². The maximum absolute atomic E-state index is 11.2. The highest BCUT2D eigenvalue weighted by atomic mass is 79.9. The first-order chi connectivity index (χ1) is 8.01. The standard InChI is InChI=1S/C11H13BrO5/c1-17-11(16)6-2-3-7(8(13)4-6)10(15)9(14)5-12/h2-4,9-10,13-15H,5H2,1H3. The van der Waals surface area contributed by atoms with Crippen LogP contribution in [0.5, 0.6) is 5.75 Å². The number of alkyl halides is 1. The number of methoxy groups -OCH3 is 1. The van der Waals surface area contributed by atoms with Crippen LogP contribution < -0.4 is 0 Å². The average Bonchev–Trinajstić information content (AvgIpc) is 2.35. The lowest BCUT2D eigenvalue weighted by Crippen LogP contribution is -2.19. The van der Waals surface area contributed by atoms with Crippen molar-refractivity contribution in [1.29, 1.82) is 0 Å². The number of carbonyl (C=O) groups is 1. The molecule has 2 atom stereocenters. The van der Waals surface area contributed by atoms with Crippen molar-refractivity contribution in [3.63, 3.8) is 0 Å². The van der Waals surface area contributed by atoms with E-state index in [1.54, 1.807) is 0 Å². The molecule has 0 bridgehead atoms. The van der Waals surface area contributed by atoms with Gasteiger partial charge >= 0.3 is 5.97 Å². The quantitative estimate of drug-likeness (QED) is 0.570. The lowest BCUT2D eigenvalue weighted by Gasteiger charge is -2.17. The second-order valence-corrected chi connectivity index (χ2v) is 4.08. The van der Waals surface area contributed by atoms with E-state index in [0.29, 0.717) is 0 Å². The van der Waals surface area contributed by atoms with E-state index >= 15 is 0 Å². The van der Waals surface area contributed by atoms with Crippen LogP contribution in [0.1, 0.15) is 22.0 Å². The fourth-order valence-electron chi connectivity index (χ4n) is 1.33. The molecule has 17 heavy (non-hydrogen) atoms. The zero-order valence-electron chi connectivity index (χ0n) is 9.13. The molecule has 0 fully saturated rings. The maximum atomic E-state index is 11.2. The Balaban J connectivity index is 3.01. The molecule has 5 nitrogen and oxygen atoms in total. The fourth-order valence-corrected chi connectivity index (χ4v) is 1.68. The van der Waals surface area contributed by atoms with Gasteiger partial charge in [-0.25, -0.2) is 4.79 Å². The van der Waals surface area contributed by atoms with Gasteiger partial charge in [-0.3, -0.25) is 0 Å². The maximum Gasteiger partial charge on any atom is 0.337 e. The van der Waals surface area contributed by atoms with Crippen molar-refractivity contribution < 1.29 is 24.9 Å². The van der Waals surface area contributed by atoms with E-state index in [2.05, 4.69) is 20.7 Å². The monoisotopic (exact) mass is 304 g/mol. The Kier molecular flexibility index (Phi) is 4.92. The summed E-state index contributed by atoms with van der Waals surface area (Å²) in [6, 6.07) is 3.97. The molecule has 0 aromatic heterocycles. The van der Waals surface area contributed by atoms with Crippen LogP contribution in [0.15, 0.2) is 18.2 Å². The average molecular weight is 305 g/mol. The van der Waals surface area contributed by atoms with E-state index in [4.69, 9.17) is 0 Å². The normalized spacial score (nSPS) is 14.1. The molecule has 1 aromatic carbocycles. The first kappa shape index (κ1) is 14.0. The molecule has 0 saturated carbocycles. The smallest absolute Gasteiger partial charge is 0.337 e. The van der Waals surface area contributed by atoms with Gasteiger partial charge in [-0.05, 0) is 12.1 Å². The third kappa shape index (κ3) is 3.18. The molecule has 0 heterocycles. The van der Waals surface area contributed by atoms with Gasteiger partial charge in [-0.1, -0.05) is 22.0 Å². The zero-order chi connectivity index (χ0) is 13.0. The molecule has 0 aliphatic heterocycles. The molecule has 2 unspecified atom stereocenters. The molecule has 3 N–H and O–H groups in total. The minimum atomic E-state index is -1.22. The van der Waals surface area contributed by atoms with Gasteiger partial charge in [0.2, 0.25) is 0 Å². The molecule has 0 aliphatic carbocycles. The number of aliphatic hydroxyl groups excluding tert-OH is 2. The van der Waals surface area contributed by atoms with Gasteiger partial charge in [0.15, 0.2) is 0 Å². The topological polar surface area (TPSA) is 87.0 Å². The SMILES string of the molecule is COC(=O)c1ccc(C(O)C(O)CBr)c(O)c1. The second-order valence-electron chi connectivity index (χ2n) is 3.43. The number of benzene rings is 1. The van der Waals surface area contributed by atoms with Crippen LogP contribution in [0, 0.1) is 0 Å². The first-order valence-electron chi connectivity index (χ1n) is 4.84. The summed E-state index contributed by atoms with van der Waals surface area (Å²) in [4.78, 5) is 11.2. The predicted octanol–water partition coefficient (Wildman–Crippen LogP) is 0.968. The summed E-state index contributed by atoms with van der Waals surface area (Å²) in [7, 11) is 1.23. The van der Waals surface area contributed by atoms with Crippen LogP contribution in [0.3, 0.4) is 0 Å². The molecule has 0 saturated heterocycles. The number of halogens is 1. The van der Waals surface area contributed by atoms with Crippen LogP contribution in [-0.2, 0) is 4.74 Å². The lowest BCUT2D eigenvalue weighted by molar-refractivity contribution is 0.0327. The highest BCUT2D eigenvalue weighted by Crippen LogP contribution is 2.28. The predicted molar refractivity (Wildman–Crippen MR) is 64.2 cm³/mol. The van der Waals surface area contributed by atoms with Crippen LogP contribution in [0.2, 0.25) is 0 Å². The van der Waals surface area contributed by atoms with Gasteiger partial charge < -0.3 is 20.1 Å². The van der Waals surface area contributed by atoms with E-state index in [1.165, 1.54) is 25.3 Å². The summed E-state index contributed by atoms with van der Waals surface area (Å²) in [5.41, 5.74) is 0.332. The van der Waals surface area contributed by atoms with Gasteiger partial charge in [-0.2, -0.15) is 0 Å². The molecule has 0 amide bonds. The fraction of sp³-hybridized carbons (Fsp3) is 0.364. The largest absolute Gasteiger partial charge is 0.508 e. The van der Waals surface area contributed by atoms with Crippen molar-refractivity contribution in [2.24, 2.45) is 0 Å². The molecule has 0 radical (unpaired) electrons. The minimum Gasteiger partial charge on any atom is -0.508 e. The number of aliphatic hydroxyl groups is 2. The summed E-state index contributed by atoms with van der Waals surface area (Å²) in [6.07, 6.45) is -2.26. The molecular formula is C11H13BrO5. The molecule has 0 spiro atoms. The van der Waals surface area contributed by atoms with Crippen LogP contribution in [-0.4, -0.2) is 39.8 Å². The van der Waals surface area contributed by atoms with Gasteiger partial charge in [-0.15, -0.1) is 0 Å². The van der Waals surface area contributed by atoms with Crippen molar-refractivity contribution >= 4 is 21.9 Å². The third-order valence-corrected chi connectivity index (χ3v) is 2.96. The van der Waals surface area contributed by atoms with E-state index in [-0.39, 0.29) is 22.2 Å². The Morgan fingerprint density at radius 3 is 2.59 bits per heavy atom. The Bertz CT molecular complexity index is 407. The van der Waals surface area contributed by atoms with E-state index in [1.807, 2.05) is 0 Å². The summed E-state index contributed by atoms with van der Waals surface area (Å²) in [5, 5.41) is 29.0. The van der Waals surface area contributed by atoms with Crippen molar-refractivity contribution in [2.75, 3.05) is 12.4 Å². The van der Waals surface area contributed by atoms with Crippen LogP contribution in [0.4, 0.5) is 0 Å². The number of hydrogen-bond acceptors (Lipinski definition) is 5. The lowest BCUT2D eigenvalue weighted by atomic mass is 10.0. The van der Waals surface area contributed by atoms with E-state index in [9.17, 15) is 20.1 Å². The van der Waals surface area contributed by atoms with Gasteiger partial charge in [0.1, 0.15) is 11.9 Å². The molecule has 1 rings (SSSR count).